The van der Waals surface area contributed by atoms with Gasteiger partial charge in [0.15, 0.2) is 23.6 Å². The molecule has 24 heavy (non-hydrogen) atoms. The molecule has 2 rings (SSSR count). The van der Waals surface area contributed by atoms with Gasteiger partial charge in [-0.3, -0.25) is 4.79 Å². The Morgan fingerprint density at radius 2 is 1.96 bits per heavy atom. The predicted octanol–water partition coefficient (Wildman–Crippen LogP) is 3.75. The average molecular weight is 355 g/mol. The van der Waals surface area contributed by atoms with Gasteiger partial charge in [-0.2, -0.15) is 11.3 Å². The molecular weight excluding hydrogens is 343 g/mol. The molecule has 1 atom stereocenters. The molecule has 2 aromatic rings. The zero-order valence-corrected chi connectivity index (χ0v) is 13.2. The summed E-state index contributed by atoms with van der Waals surface area (Å²) in [4.78, 5) is 23.4. The van der Waals surface area contributed by atoms with E-state index < -0.39 is 41.1 Å². The Morgan fingerprint density at radius 1 is 1.21 bits per heavy atom. The fourth-order valence-corrected chi connectivity index (χ4v) is 2.29. The second kappa shape index (κ2) is 7.78. The van der Waals surface area contributed by atoms with Gasteiger partial charge < -0.3 is 10.1 Å². The Hall–Kier alpha value is -2.61. The molecule has 0 saturated heterocycles. The van der Waals surface area contributed by atoms with Crippen LogP contribution in [0.4, 0.5) is 18.9 Å². The number of ether oxygens (including phenoxy) is 1. The number of amides is 1. The lowest BCUT2D eigenvalue weighted by Crippen LogP contribution is -2.29. The van der Waals surface area contributed by atoms with E-state index in [1.54, 1.807) is 6.07 Å². The molecule has 0 bridgehead atoms. The fraction of sp³-hybridized carbons (Fsp3) is 0.125. The van der Waals surface area contributed by atoms with Crippen molar-refractivity contribution in [3.05, 3.63) is 58.1 Å². The van der Waals surface area contributed by atoms with E-state index in [1.807, 2.05) is 16.1 Å². The lowest BCUT2D eigenvalue weighted by atomic mass is 10.2. The number of halogens is 3. The Bertz CT molecular complexity index is 775. The van der Waals surface area contributed by atoms with Crippen LogP contribution in [-0.4, -0.2) is 18.0 Å². The number of hydrogen-bond donors (Lipinski definition) is 1. The second-order valence-electron chi connectivity index (χ2n) is 4.68. The summed E-state index contributed by atoms with van der Waals surface area (Å²) in [5.74, 6) is -6.24. The van der Waals surface area contributed by atoms with Crippen LogP contribution in [0.5, 0.6) is 0 Å². The zero-order chi connectivity index (χ0) is 17.7. The highest BCUT2D eigenvalue weighted by atomic mass is 32.1. The number of esters is 1. The number of rotatable bonds is 5. The van der Waals surface area contributed by atoms with Crippen molar-refractivity contribution >= 4 is 35.0 Å². The van der Waals surface area contributed by atoms with Crippen molar-refractivity contribution in [3.63, 3.8) is 0 Å². The SMILES string of the molecule is C[C@H](OC(=O)/C=C/c1ccsc1)C(=O)Nc1ccc(F)c(F)c1F. The van der Waals surface area contributed by atoms with Gasteiger partial charge in [-0.05, 0) is 47.5 Å². The average Bonchev–Trinajstić information content (AvgIpc) is 3.07. The van der Waals surface area contributed by atoms with E-state index in [1.165, 1.54) is 24.3 Å². The third-order valence-corrected chi connectivity index (χ3v) is 3.61. The van der Waals surface area contributed by atoms with Crippen LogP contribution in [0.25, 0.3) is 6.08 Å². The van der Waals surface area contributed by atoms with Crippen molar-refractivity contribution in [1.82, 2.24) is 0 Å². The van der Waals surface area contributed by atoms with E-state index in [2.05, 4.69) is 0 Å². The Morgan fingerprint density at radius 3 is 2.62 bits per heavy atom. The number of carbonyl (C=O) groups excluding carboxylic acids is 2. The summed E-state index contributed by atoms with van der Waals surface area (Å²) >= 11 is 1.45. The van der Waals surface area contributed by atoms with Crippen molar-refractivity contribution in [3.8, 4) is 0 Å². The zero-order valence-electron chi connectivity index (χ0n) is 12.4. The van der Waals surface area contributed by atoms with Crippen molar-refractivity contribution in [2.75, 3.05) is 5.32 Å². The molecule has 1 aromatic heterocycles. The predicted molar refractivity (Wildman–Crippen MR) is 83.9 cm³/mol. The van der Waals surface area contributed by atoms with Gasteiger partial charge in [-0.25, -0.2) is 18.0 Å². The first-order valence-electron chi connectivity index (χ1n) is 6.73. The molecule has 1 N–H and O–H groups in total. The normalized spacial score (nSPS) is 12.2. The highest BCUT2D eigenvalue weighted by Crippen LogP contribution is 2.20. The molecule has 126 valence electrons. The maximum Gasteiger partial charge on any atom is 0.331 e. The smallest absolute Gasteiger partial charge is 0.331 e. The van der Waals surface area contributed by atoms with Crippen LogP contribution < -0.4 is 5.32 Å². The molecule has 8 heteroatoms. The van der Waals surface area contributed by atoms with Gasteiger partial charge in [-0.1, -0.05) is 0 Å². The van der Waals surface area contributed by atoms with Crippen LogP contribution >= 0.6 is 11.3 Å². The number of hydrogen-bond acceptors (Lipinski definition) is 4. The summed E-state index contributed by atoms with van der Waals surface area (Å²) in [6.45, 7) is 1.27. The van der Waals surface area contributed by atoms with Crippen molar-refractivity contribution in [2.45, 2.75) is 13.0 Å². The Labute approximate surface area is 139 Å². The minimum atomic E-state index is -1.70. The van der Waals surface area contributed by atoms with Crippen LogP contribution in [0.1, 0.15) is 12.5 Å². The lowest BCUT2D eigenvalue weighted by molar-refractivity contribution is -0.148. The number of carbonyl (C=O) groups is 2. The first-order valence-corrected chi connectivity index (χ1v) is 7.68. The van der Waals surface area contributed by atoms with Gasteiger partial charge in [0.25, 0.3) is 5.91 Å². The van der Waals surface area contributed by atoms with Gasteiger partial charge in [0, 0.05) is 6.08 Å². The minimum Gasteiger partial charge on any atom is -0.449 e. The van der Waals surface area contributed by atoms with Crippen LogP contribution in [0.15, 0.2) is 35.0 Å². The molecule has 1 aromatic carbocycles. The summed E-state index contributed by atoms with van der Waals surface area (Å²) in [6, 6.07) is 3.33. The summed E-state index contributed by atoms with van der Waals surface area (Å²) in [5, 5.41) is 5.67. The number of anilines is 1. The molecular formula is C16H12F3NO3S. The number of thiophene rings is 1. The molecule has 0 unspecified atom stereocenters. The van der Waals surface area contributed by atoms with Gasteiger partial charge in [0.2, 0.25) is 0 Å². The molecule has 4 nitrogen and oxygen atoms in total. The third kappa shape index (κ3) is 4.45. The summed E-state index contributed by atoms with van der Waals surface area (Å²) in [7, 11) is 0. The van der Waals surface area contributed by atoms with Crippen molar-refractivity contribution in [2.24, 2.45) is 0 Å². The summed E-state index contributed by atoms with van der Waals surface area (Å²) in [5.41, 5.74) is 0.258. The molecule has 0 aliphatic heterocycles. The molecule has 0 fully saturated rings. The summed E-state index contributed by atoms with van der Waals surface area (Å²) in [6.07, 6.45) is 1.40. The van der Waals surface area contributed by atoms with Crippen LogP contribution in [0.3, 0.4) is 0 Å². The molecule has 1 heterocycles. The molecule has 0 aliphatic carbocycles. The first-order chi connectivity index (χ1) is 11.4. The maximum atomic E-state index is 13.5. The Balaban J connectivity index is 1.95. The standard InChI is InChI=1S/C16H12F3NO3S/c1-9(23-13(21)5-2-10-6-7-24-8-10)16(22)20-12-4-3-11(17)14(18)15(12)19/h2-9H,1H3,(H,20,22)/b5-2+/t9-/m0/s1. The Kier molecular flexibility index (Phi) is 5.75. The van der Waals surface area contributed by atoms with E-state index in [-0.39, 0.29) is 0 Å². The number of nitrogens with one attached hydrogen (secondary N) is 1. The largest absolute Gasteiger partial charge is 0.449 e. The molecule has 0 aliphatic rings. The van der Waals surface area contributed by atoms with Crippen LogP contribution in [-0.2, 0) is 14.3 Å². The van der Waals surface area contributed by atoms with Crippen LogP contribution in [0, 0.1) is 17.5 Å². The van der Waals surface area contributed by atoms with Crippen molar-refractivity contribution in [1.29, 1.82) is 0 Å². The van der Waals surface area contributed by atoms with Gasteiger partial charge in [0.05, 0.1) is 5.69 Å². The highest BCUT2D eigenvalue weighted by molar-refractivity contribution is 7.08. The van der Waals surface area contributed by atoms with Gasteiger partial charge >= 0.3 is 5.97 Å². The summed E-state index contributed by atoms with van der Waals surface area (Å²) < 4.78 is 44.2. The van der Waals surface area contributed by atoms with E-state index in [9.17, 15) is 22.8 Å². The molecule has 0 radical (unpaired) electrons. The highest BCUT2D eigenvalue weighted by Gasteiger charge is 2.20. The lowest BCUT2D eigenvalue weighted by Gasteiger charge is -2.13. The minimum absolute atomic E-state index is 0.546. The molecule has 1 amide bonds. The van der Waals surface area contributed by atoms with E-state index in [4.69, 9.17) is 4.74 Å². The maximum absolute atomic E-state index is 13.5. The third-order valence-electron chi connectivity index (χ3n) is 2.91. The first kappa shape index (κ1) is 17.7. The quantitative estimate of drug-likeness (QED) is 0.505. The van der Waals surface area contributed by atoms with E-state index in [0.29, 0.717) is 6.07 Å². The van der Waals surface area contributed by atoms with Crippen LogP contribution in [0.2, 0.25) is 0 Å². The van der Waals surface area contributed by atoms with E-state index >= 15 is 0 Å². The second-order valence-corrected chi connectivity index (χ2v) is 5.46. The van der Waals surface area contributed by atoms with E-state index in [0.717, 1.165) is 17.7 Å². The fourth-order valence-electron chi connectivity index (χ4n) is 1.66. The van der Waals surface area contributed by atoms with Crippen molar-refractivity contribution < 1.29 is 27.5 Å². The number of benzene rings is 1. The topological polar surface area (TPSA) is 55.4 Å². The molecule has 0 saturated carbocycles. The van der Waals surface area contributed by atoms with Gasteiger partial charge in [0.1, 0.15) is 0 Å². The monoisotopic (exact) mass is 355 g/mol. The molecule has 0 spiro atoms. The van der Waals surface area contributed by atoms with Gasteiger partial charge in [-0.15, -0.1) is 0 Å².